The minimum absolute atomic E-state index is 0.0201. The fraction of sp³-hybridized carbons (Fsp3) is 0.267. The van der Waals surface area contributed by atoms with E-state index >= 15 is 0 Å². The average Bonchev–Trinajstić information content (AvgIpc) is 2.92. The Morgan fingerprint density at radius 3 is 2.75 bits per heavy atom. The second kappa shape index (κ2) is 4.58. The Balaban J connectivity index is 2.04. The summed E-state index contributed by atoms with van der Waals surface area (Å²) in [6, 6.07) is 7.31. The van der Waals surface area contributed by atoms with E-state index in [9.17, 15) is 9.90 Å². The van der Waals surface area contributed by atoms with Crippen LogP contribution in [0.2, 0.25) is 5.02 Å². The monoisotopic (exact) mass is 307 g/mol. The molecule has 1 aliphatic heterocycles. The molecule has 0 saturated carbocycles. The number of anilines is 1. The van der Waals surface area contributed by atoms with Crippen LogP contribution in [0.1, 0.15) is 36.0 Å². The molecular formula is C15H14ClNO2S. The van der Waals surface area contributed by atoms with Gasteiger partial charge in [-0.25, -0.2) is 0 Å². The third-order valence-corrected chi connectivity index (χ3v) is 5.15. The van der Waals surface area contributed by atoms with Crippen LogP contribution < -0.4 is 5.32 Å². The molecule has 0 fully saturated rings. The van der Waals surface area contributed by atoms with Crippen molar-refractivity contribution < 1.29 is 9.90 Å². The molecule has 1 atom stereocenters. The SMILES string of the molecule is CC1(C)C(=O)Nc2ccc(C(O)c3sccc3Cl)cc21. The summed E-state index contributed by atoms with van der Waals surface area (Å²) in [7, 11) is 0. The second-order valence-corrected chi connectivity index (χ2v) is 6.77. The van der Waals surface area contributed by atoms with E-state index in [0.29, 0.717) is 5.02 Å². The van der Waals surface area contributed by atoms with Gasteiger partial charge in [0.1, 0.15) is 6.10 Å². The number of carbonyl (C=O) groups excluding carboxylic acids is 1. The first kappa shape index (κ1) is 13.6. The Morgan fingerprint density at radius 1 is 1.35 bits per heavy atom. The Morgan fingerprint density at radius 2 is 2.10 bits per heavy atom. The lowest BCUT2D eigenvalue weighted by Gasteiger charge is -2.17. The van der Waals surface area contributed by atoms with Gasteiger partial charge in [-0.1, -0.05) is 17.7 Å². The quantitative estimate of drug-likeness (QED) is 0.888. The molecule has 1 aromatic heterocycles. The van der Waals surface area contributed by atoms with E-state index in [0.717, 1.165) is 21.7 Å². The summed E-state index contributed by atoms with van der Waals surface area (Å²) in [6.45, 7) is 3.75. The van der Waals surface area contributed by atoms with Gasteiger partial charge in [-0.05, 0) is 48.6 Å². The fourth-order valence-electron chi connectivity index (χ4n) is 2.41. The zero-order valence-electron chi connectivity index (χ0n) is 11.1. The van der Waals surface area contributed by atoms with Crippen molar-refractivity contribution in [3.63, 3.8) is 0 Å². The van der Waals surface area contributed by atoms with Crippen molar-refractivity contribution in [1.29, 1.82) is 0 Å². The van der Waals surface area contributed by atoms with Crippen LogP contribution in [0.3, 0.4) is 0 Å². The predicted molar refractivity (Wildman–Crippen MR) is 81.5 cm³/mol. The molecule has 0 saturated heterocycles. The van der Waals surface area contributed by atoms with Crippen LogP contribution in [-0.4, -0.2) is 11.0 Å². The normalized spacial score (nSPS) is 17.7. The molecule has 3 rings (SSSR count). The first-order valence-corrected chi connectivity index (χ1v) is 7.54. The molecule has 1 aliphatic rings. The number of thiophene rings is 1. The third kappa shape index (κ3) is 1.95. The van der Waals surface area contributed by atoms with Crippen molar-refractivity contribution >= 4 is 34.5 Å². The van der Waals surface area contributed by atoms with Gasteiger partial charge in [0.25, 0.3) is 0 Å². The Hall–Kier alpha value is -1.36. The first-order valence-electron chi connectivity index (χ1n) is 6.28. The number of rotatable bonds is 2. The van der Waals surface area contributed by atoms with E-state index in [-0.39, 0.29) is 5.91 Å². The number of carbonyl (C=O) groups is 1. The van der Waals surface area contributed by atoms with E-state index in [4.69, 9.17) is 11.6 Å². The molecule has 0 aliphatic carbocycles. The van der Waals surface area contributed by atoms with Crippen LogP contribution in [0.5, 0.6) is 0 Å². The predicted octanol–water partition coefficient (Wildman–Crippen LogP) is 3.71. The van der Waals surface area contributed by atoms with Crippen LogP contribution >= 0.6 is 22.9 Å². The first-order chi connectivity index (χ1) is 9.41. The number of nitrogens with one attached hydrogen (secondary N) is 1. The van der Waals surface area contributed by atoms with Crippen LogP contribution in [0.25, 0.3) is 0 Å². The van der Waals surface area contributed by atoms with Crippen LogP contribution in [0.15, 0.2) is 29.6 Å². The van der Waals surface area contributed by atoms with Crippen molar-refractivity contribution in [2.45, 2.75) is 25.4 Å². The summed E-state index contributed by atoms with van der Waals surface area (Å²) in [4.78, 5) is 12.6. The van der Waals surface area contributed by atoms with Crippen molar-refractivity contribution in [3.05, 3.63) is 50.7 Å². The number of hydrogen-bond acceptors (Lipinski definition) is 3. The topological polar surface area (TPSA) is 49.3 Å². The number of aliphatic hydroxyl groups excluding tert-OH is 1. The number of benzene rings is 1. The summed E-state index contributed by atoms with van der Waals surface area (Å²) in [5, 5.41) is 15.7. The Kier molecular flexibility index (Phi) is 3.12. The molecule has 2 aromatic rings. The van der Waals surface area contributed by atoms with E-state index < -0.39 is 11.5 Å². The van der Waals surface area contributed by atoms with Gasteiger partial charge in [0, 0.05) is 5.69 Å². The molecular weight excluding hydrogens is 294 g/mol. The highest BCUT2D eigenvalue weighted by molar-refractivity contribution is 7.10. The standard InChI is InChI=1S/C15H14ClNO2S/c1-15(2)9-7-8(3-4-11(9)17-14(15)19)12(18)13-10(16)5-6-20-13/h3-7,12,18H,1-2H3,(H,17,19). The molecule has 20 heavy (non-hydrogen) atoms. The number of aliphatic hydroxyl groups is 1. The summed E-state index contributed by atoms with van der Waals surface area (Å²) < 4.78 is 0. The van der Waals surface area contributed by atoms with Crippen molar-refractivity contribution in [2.75, 3.05) is 5.32 Å². The maximum atomic E-state index is 11.9. The van der Waals surface area contributed by atoms with Gasteiger partial charge in [-0.15, -0.1) is 11.3 Å². The molecule has 2 N–H and O–H groups in total. The highest BCUT2D eigenvalue weighted by atomic mass is 35.5. The largest absolute Gasteiger partial charge is 0.383 e. The lowest BCUT2D eigenvalue weighted by atomic mass is 9.85. The van der Waals surface area contributed by atoms with Crippen LogP contribution in [0.4, 0.5) is 5.69 Å². The smallest absolute Gasteiger partial charge is 0.234 e. The van der Waals surface area contributed by atoms with Gasteiger partial charge < -0.3 is 10.4 Å². The summed E-state index contributed by atoms with van der Waals surface area (Å²) in [5.41, 5.74) is 1.89. The Bertz CT molecular complexity index is 693. The third-order valence-electron chi connectivity index (χ3n) is 3.74. The molecule has 1 amide bonds. The lowest BCUT2D eigenvalue weighted by molar-refractivity contribution is -0.119. The molecule has 0 radical (unpaired) electrons. The zero-order valence-corrected chi connectivity index (χ0v) is 12.7. The number of amides is 1. The second-order valence-electron chi connectivity index (χ2n) is 5.42. The molecule has 1 aromatic carbocycles. The van der Waals surface area contributed by atoms with Gasteiger partial charge in [-0.3, -0.25) is 4.79 Å². The molecule has 104 valence electrons. The highest BCUT2D eigenvalue weighted by Gasteiger charge is 2.38. The van der Waals surface area contributed by atoms with E-state index in [1.54, 1.807) is 6.07 Å². The number of halogens is 1. The van der Waals surface area contributed by atoms with Crippen LogP contribution in [-0.2, 0) is 10.2 Å². The Labute approximate surface area is 126 Å². The minimum atomic E-state index is -0.765. The van der Waals surface area contributed by atoms with E-state index in [1.807, 2.05) is 37.4 Å². The van der Waals surface area contributed by atoms with Gasteiger partial charge in [0.2, 0.25) is 5.91 Å². The summed E-state index contributed by atoms with van der Waals surface area (Å²) in [5.74, 6) is -0.0201. The zero-order chi connectivity index (χ0) is 14.5. The molecule has 5 heteroatoms. The summed E-state index contributed by atoms with van der Waals surface area (Å²) >= 11 is 7.49. The maximum absolute atomic E-state index is 11.9. The van der Waals surface area contributed by atoms with Crippen LogP contribution in [0, 0.1) is 0 Å². The number of fused-ring (bicyclic) bond motifs is 1. The maximum Gasteiger partial charge on any atom is 0.234 e. The molecule has 0 bridgehead atoms. The molecule has 1 unspecified atom stereocenters. The lowest BCUT2D eigenvalue weighted by Crippen LogP contribution is -2.26. The van der Waals surface area contributed by atoms with Crippen molar-refractivity contribution in [3.8, 4) is 0 Å². The van der Waals surface area contributed by atoms with Crippen molar-refractivity contribution in [1.82, 2.24) is 0 Å². The van der Waals surface area contributed by atoms with Gasteiger partial charge in [0.05, 0.1) is 15.3 Å². The van der Waals surface area contributed by atoms with Crippen molar-refractivity contribution in [2.24, 2.45) is 0 Å². The molecule has 2 heterocycles. The molecule has 0 spiro atoms. The number of hydrogen-bond donors (Lipinski definition) is 2. The van der Waals surface area contributed by atoms with Gasteiger partial charge in [0.15, 0.2) is 0 Å². The highest BCUT2D eigenvalue weighted by Crippen LogP contribution is 2.40. The van der Waals surface area contributed by atoms with E-state index in [2.05, 4.69) is 5.32 Å². The van der Waals surface area contributed by atoms with E-state index in [1.165, 1.54) is 11.3 Å². The minimum Gasteiger partial charge on any atom is -0.383 e. The average molecular weight is 308 g/mol. The van der Waals surface area contributed by atoms with Gasteiger partial charge >= 0.3 is 0 Å². The molecule has 3 nitrogen and oxygen atoms in total. The van der Waals surface area contributed by atoms with Gasteiger partial charge in [-0.2, -0.15) is 0 Å². The fourth-order valence-corrected chi connectivity index (χ4v) is 3.58. The summed E-state index contributed by atoms with van der Waals surface area (Å²) in [6.07, 6.45) is -0.765.